The first-order valence-electron chi connectivity index (χ1n) is 43.8. The minimum Gasteiger partial charge on any atom is -0.462 e. The first-order valence-corrected chi connectivity index (χ1v) is 46.8. The summed E-state index contributed by atoms with van der Waals surface area (Å²) < 4.78 is 68.8. The Kier molecular flexibility index (Phi) is 72.5. The van der Waals surface area contributed by atoms with Gasteiger partial charge in [0.15, 0.2) is 12.2 Å². The summed E-state index contributed by atoms with van der Waals surface area (Å²) in [6.45, 7) is 14.3. The molecule has 618 valence electrons. The number of aliphatic hydroxyl groups is 1. The Morgan fingerprint density at radius 2 is 0.462 bits per heavy atom. The molecule has 4 unspecified atom stereocenters. The standard InChI is InChI=1S/C85H166O17P2/c1-9-77(7)63-55-47-39-32-28-24-20-16-12-14-18-22-26-30-34-42-51-59-67-84(89)101-80(71-95-82(87)65-57-49-40-36-35-38-46-54-62-76(5)6)73-99-103(91,92)97-69-79(86)70-98-104(93,94)100-74-81(72-96-83(88)66-58-50-44-43-48-56-64-78(8)10-2)102-85(90)68-60-52-41-33-29-25-21-17-13-11-15-19-23-27-31-37-45-53-61-75(3)4/h75-81,86H,9-74H2,1-8H3,(H,91,92)(H,93,94)/t77?,78?,79-,80-,81-/m1/s1. The summed E-state index contributed by atoms with van der Waals surface area (Å²) in [5, 5.41) is 10.7. The van der Waals surface area contributed by atoms with E-state index >= 15 is 0 Å². The summed E-state index contributed by atoms with van der Waals surface area (Å²) >= 11 is 0. The Morgan fingerprint density at radius 3 is 0.683 bits per heavy atom. The van der Waals surface area contributed by atoms with Gasteiger partial charge in [-0.15, -0.1) is 0 Å². The number of phosphoric ester groups is 2. The second-order valence-corrected chi connectivity index (χ2v) is 34.9. The van der Waals surface area contributed by atoms with E-state index in [0.29, 0.717) is 25.7 Å². The summed E-state index contributed by atoms with van der Waals surface area (Å²) in [5.74, 6) is 1.04. The molecule has 0 amide bonds. The molecule has 0 aromatic carbocycles. The molecule has 19 heteroatoms. The second kappa shape index (κ2) is 73.8. The molecule has 0 saturated carbocycles. The predicted octanol–water partition coefficient (Wildman–Crippen LogP) is 25.6. The normalized spacial score (nSPS) is 14.5. The van der Waals surface area contributed by atoms with Gasteiger partial charge in [0.25, 0.3) is 0 Å². The SMILES string of the molecule is CCC(C)CCCCCCCCCCCCCCCCCCCCC(=O)O[C@H](COC(=O)CCCCCCCCCCC(C)C)COP(=O)(O)OC[C@@H](O)COP(=O)(O)OC[C@@H](COC(=O)CCCCCCCCC(C)CC)OC(=O)CCCCCCCCCCCCCCCCCCCCC(C)C. The van der Waals surface area contributed by atoms with Crippen molar-refractivity contribution in [2.24, 2.45) is 23.7 Å². The molecule has 0 aliphatic rings. The van der Waals surface area contributed by atoms with Crippen molar-refractivity contribution in [1.82, 2.24) is 0 Å². The van der Waals surface area contributed by atoms with E-state index in [2.05, 4.69) is 55.4 Å². The molecule has 0 saturated heterocycles. The van der Waals surface area contributed by atoms with E-state index in [-0.39, 0.29) is 25.7 Å². The van der Waals surface area contributed by atoms with Crippen LogP contribution in [0, 0.1) is 23.7 Å². The molecule has 0 radical (unpaired) electrons. The first-order chi connectivity index (χ1) is 50.2. The van der Waals surface area contributed by atoms with Crippen LogP contribution in [0.15, 0.2) is 0 Å². The van der Waals surface area contributed by atoms with Crippen LogP contribution in [-0.2, 0) is 65.4 Å². The van der Waals surface area contributed by atoms with E-state index in [1.807, 2.05) is 0 Å². The summed E-state index contributed by atoms with van der Waals surface area (Å²) in [4.78, 5) is 73.1. The molecule has 0 heterocycles. The third-order valence-electron chi connectivity index (χ3n) is 20.5. The molecule has 0 aliphatic heterocycles. The Labute approximate surface area is 638 Å². The molecule has 104 heavy (non-hydrogen) atoms. The topological polar surface area (TPSA) is 237 Å². The Morgan fingerprint density at radius 1 is 0.269 bits per heavy atom. The van der Waals surface area contributed by atoms with Crippen molar-refractivity contribution in [2.75, 3.05) is 39.6 Å². The Bertz CT molecular complexity index is 2030. The van der Waals surface area contributed by atoms with Gasteiger partial charge in [0, 0.05) is 25.7 Å². The number of esters is 4. The summed E-state index contributed by atoms with van der Waals surface area (Å²) in [6, 6.07) is 0. The number of carbonyl (C=O) groups is 4. The molecule has 0 aliphatic carbocycles. The van der Waals surface area contributed by atoms with Crippen LogP contribution in [0.5, 0.6) is 0 Å². The molecular weight excluding hydrogens is 1350 g/mol. The number of aliphatic hydroxyl groups excluding tert-OH is 1. The van der Waals surface area contributed by atoms with Crippen molar-refractivity contribution in [2.45, 2.75) is 459 Å². The number of phosphoric acid groups is 2. The minimum atomic E-state index is -4.96. The van der Waals surface area contributed by atoms with Gasteiger partial charge in [0.05, 0.1) is 26.4 Å². The van der Waals surface area contributed by atoms with Crippen LogP contribution in [0.2, 0.25) is 0 Å². The van der Waals surface area contributed by atoms with Crippen molar-refractivity contribution < 1.29 is 80.2 Å². The molecule has 17 nitrogen and oxygen atoms in total. The zero-order valence-corrected chi connectivity index (χ0v) is 70.5. The van der Waals surface area contributed by atoms with Crippen LogP contribution in [0.1, 0.15) is 441 Å². The van der Waals surface area contributed by atoms with Crippen LogP contribution >= 0.6 is 15.6 Å². The van der Waals surface area contributed by atoms with Gasteiger partial charge in [-0.2, -0.15) is 0 Å². The summed E-state index contributed by atoms with van der Waals surface area (Å²) in [7, 11) is -9.93. The lowest BCUT2D eigenvalue weighted by atomic mass is 9.99. The monoisotopic (exact) mass is 1520 g/mol. The van der Waals surface area contributed by atoms with Gasteiger partial charge in [-0.25, -0.2) is 9.13 Å². The first kappa shape index (κ1) is 102. The number of hydrogen-bond acceptors (Lipinski definition) is 15. The van der Waals surface area contributed by atoms with Crippen molar-refractivity contribution in [3.63, 3.8) is 0 Å². The van der Waals surface area contributed by atoms with E-state index in [4.69, 9.17) is 37.0 Å². The van der Waals surface area contributed by atoms with E-state index in [1.165, 1.54) is 238 Å². The average Bonchev–Trinajstić information content (AvgIpc) is 0.913. The fourth-order valence-electron chi connectivity index (χ4n) is 13.1. The van der Waals surface area contributed by atoms with Gasteiger partial charge in [0.2, 0.25) is 0 Å². The van der Waals surface area contributed by atoms with Crippen LogP contribution in [0.4, 0.5) is 0 Å². The van der Waals surface area contributed by atoms with Gasteiger partial charge in [-0.05, 0) is 49.4 Å². The van der Waals surface area contributed by atoms with Gasteiger partial charge < -0.3 is 33.8 Å². The van der Waals surface area contributed by atoms with Gasteiger partial charge >= 0.3 is 39.5 Å². The maximum absolute atomic E-state index is 13.1. The molecule has 7 atom stereocenters. The lowest BCUT2D eigenvalue weighted by Gasteiger charge is -2.21. The lowest BCUT2D eigenvalue weighted by molar-refractivity contribution is -0.161. The highest BCUT2D eigenvalue weighted by atomic mass is 31.2. The number of hydrogen-bond donors (Lipinski definition) is 3. The molecule has 3 N–H and O–H groups in total. The van der Waals surface area contributed by atoms with Gasteiger partial charge in [-0.1, -0.05) is 389 Å². The third-order valence-corrected chi connectivity index (χ3v) is 22.4. The molecule has 0 bridgehead atoms. The molecule has 0 aromatic rings. The van der Waals surface area contributed by atoms with Crippen molar-refractivity contribution in [1.29, 1.82) is 0 Å². The van der Waals surface area contributed by atoms with Crippen LogP contribution in [0.3, 0.4) is 0 Å². The van der Waals surface area contributed by atoms with E-state index in [9.17, 15) is 43.2 Å². The van der Waals surface area contributed by atoms with Crippen LogP contribution in [0.25, 0.3) is 0 Å². The zero-order chi connectivity index (χ0) is 76.7. The van der Waals surface area contributed by atoms with E-state index < -0.39 is 97.5 Å². The molecule has 0 fully saturated rings. The molecule has 0 aromatic heterocycles. The predicted molar refractivity (Wildman–Crippen MR) is 428 cm³/mol. The van der Waals surface area contributed by atoms with Gasteiger partial charge in [-0.3, -0.25) is 37.3 Å². The number of unbranched alkanes of at least 4 members (excludes halogenated alkanes) is 46. The number of carbonyl (C=O) groups excluding carboxylic acids is 4. The third kappa shape index (κ3) is 75.5. The summed E-state index contributed by atoms with van der Waals surface area (Å²) in [6.07, 6.45) is 62.7. The number of ether oxygens (including phenoxy) is 4. The Hall–Kier alpha value is -1.94. The summed E-state index contributed by atoms with van der Waals surface area (Å²) in [5.41, 5.74) is 0. The zero-order valence-electron chi connectivity index (χ0n) is 68.7. The fraction of sp³-hybridized carbons (Fsp3) is 0.953. The quantitative estimate of drug-likeness (QED) is 0.0222. The smallest absolute Gasteiger partial charge is 0.462 e. The fourth-order valence-corrected chi connectivity index (χ4v) is 14.7. The molecule has 0 rings (SSSR count). The Balaban J connectivity index is 5.15. The van der Waals surface area contributed by atoms with Gasteiger partial charge in [0.1, 0.15) is 19.3 Å². The maximum atomic E-state index is 13.1. The van der Waals surface area contributed by atoms with Crippen molar-refractivity contribution in [3.8, 4) is 0 Å². The highest BCUT2D eigenvalue weighted by Gasteiger charge is 2.30. The highest BCUT2D eigenvalue weighted by molar-refractivity contribution is 7.47. The average molecular weight is 1520 g/mol. The lowest BCUT2D eigenvalue weighted by Crippen LogP contribution is -2.30. The van der Waals surface area contributed by atoms with Crippen LogP contribution in [-0.4, -0.2) is 96.7 Å². The van der Waals surface area contributed by atoms with E-state index in [1.54, 1.807) is 0 Å². The highest BCUT2D eigenvalue weighted by Crippen LogP contribution is 2.45. The van der Waals surface area contributed by atoms with Crippen molar-refractivity contribution in [3.05, 3.63) is 0 Å². The maximum Gasteiger partial charge on any atom is 0.472 e. The molecular formula is C85H166O17P2. The second-order valence-electron chi connectivity index (χ2n) is 32.0. The van der Waals surface area contributed by atoms with Crippen molar-refractivity contribution >= 4 is 39.5 Å². The largest absolute Gasteiger partial charge is 0.472 e. The minimum absolute atomic E-state index is 0.107. The molecule has 0 spiro atoms. The van der Waals surface area contributed by atoms with Crippen LogP contribution < -0.4 is 0 Å². The van der Waals surface area contributed by atoms with E-state index in [0.717, 1.165) is 120 Å². The number of rotatable bonds is 82.